The Morgan fingerprint density at radius 3 is 2.53 bits per heavy atom. The molecule has 1 aliphatic carbocycles. The average molecular weight is 267 g/mol. The molecule has 4 heteroatoms. The summed E-state index contributed by atoms with van der Waals surface area (Å²) in [4.78, 5) is 25.6. The van der Waals surface area contributed by atoms with Crippen LogP contribution >= 0.6 is 0 Å². The Bertz CT molecular complexity index is 366. The number of carboxylic acid groups (broad SMARTS) is 1. The predicted octanol–water partition coefficient (Wildman–Crippen LogP) is 2.38. The Hall–Kier alpha value is -1.06. The smallest absolute Gasteiger partial charge is 0.308 e. The molecule has 2 rings (SSSR count). The van der Waals surface area contributed by atoms with E-state index in [9.17, 15) is 14.7 Å². The first-order valence-electron chi connectivity index (χ1n) is 7.45. The van der Waals surface area contributed by atoms with Crippen molar-refractivity contribution in [2.24, 2.45) is 23.7 Å². The van der Waals surface area contributed by atoms with Gasteiger partial charge in [0.15, 0.2) is 0 Å². The van der Waals surface area contributed by atoms with Gasteiger partial charge in [0, 0.05) is 19.0 Å². The number of likely N-dealkylation sites (tertiary alicyclic amines) is 1. The second kappa shape index (κ2) is 5.51. The van der Waals surface area contributed by atoms with Gasteiger partial charge in [0.1, 0.15) is 0 Å². The first-order valence-corrected chi connectivity index (χ1v) is 7.45. The van der Waals surface area contributed by atoms with Gasteiger partial charge < -0.3 is 10.0 Å². The zero-order chi connectivity index (χ0) is 14.2. The van der Waals surface area contributed by atoms with Crippen molar-refractivity contribution >= 4 is 11.9 Å². The summed E-state index contributed by atoms with van der Waals surface area (Å²) < 4.78 is 0. The van der Waals surface area contributed by atoms with Crippen LogP contribution in [0.25, 0.3) is 0 Å². The molecule has 2 fully saturated rings. The van der Waals surface area contributed by atoms with Crippen molar-refractivity contribution < 1.29 is 14.7 Å². The summed E-state index contributed by atoms with van der Waals surface area (Å²) in [6, 6.07) is -0.103. The van der Waals surface area contributed by atoms with Crippen LogP contribution in [-0.2, 0) is 9.59 Å². The maximum atomic E-state index is 12.0. The molecule has 0 radical (unpaired) electrons. The number of aliphatic carboxylic acids is 1. The number of rotatable bonds is 3. The molecule has 1 saturated heterocycles. The number of amides is 1. The van der Waals surface area contributed by atoms with Gasteiger partial charge in [0.2, 0.25) is 5.91 Å². The quantitative estimate of drug-likeness (QED) is 0.854. The molecule has 0 aromatic carbocycles. The minimum Gasteiger partial charge on any atom is -0.481 e. The van der Waals surface area contributed by atoms with Crippen LogP contribution in [0.2, 0.25) is 0 Å². The van der Waals surface area contributed by atoms with Crippen LogP contribution in [-0.4, -0.2) is 34.5 Å². The van der Waals surface area contributed by atoms with Gasteiger partial charge in [-0.2, -0.15) is 0 Å². The Morgan fingerprint density at radius 1 is 1.37 bits per heavy atom. The normalized spacial score (nSPS) is 36.0. The molecule has 0 spiro atoms. The van der Waals surface area contributed by atoms with E-state index in [0.717, 1.165) is 25.8 Å². The van der Waals surface area contributed by atoms with Crippen molar-refractivity contribution in [1.82, 2.24) is 4.90 Å². The van der Waals surface area contributed by atoms with E-state index < -0.39 is 11.9 Å². The molecule has 0 aromatic heterocycles. The van der Waals surface area contributed by atoms with Crippen LogP contribution in [0.4, 0.5) is 0 Å². The minimum atomic E-state index is -0.727. The summed E-state index contributed by atoms with van der Waals surface area (Å²) in [7, 11) is 0. The Kier molecular flexibility index (Phi) is 4.16. The van der Waals surface area contributed by atoms with E-state index in [2.05, 4.69) is 20.8 Å². The summed E-state index contributed by atoms with van der Waals surface area (Å²) in [6.45, 7) is 7.03. The number of hydrogen-bond acceptors (Lipinski definition) is 2. The first kappa shape index (κ1) is 14.4. The van der Waals surface area contributed by atoms with E-state index in [4.69, 9.17) is 0 Å². The minimum absolute atomic E-state index is 0.103. The number of carboxylic acids is 1. The van der Waals surface area contributed by atoms with Gasteiger partial charge >= 0.3 is 5.97 Å². The van der Waals surface area contributed by atoms with Gasteiger partial charge in [-0.3, -0.25) is 9.59 Å². The van der Waals surface area contributed by atoms with E-state index in [0.29, 0.717) is 12.3 Å². The number of carbonyl (C=O) groups excluding carboxylic acids is 1. The lowest BCUT2D eigenvalue weighted by Crippen LogP contribution is -2.54. The zero-order valence-electron chi connectivity index (χ0n) is 12.1. The lowest BCUT2D eigenvalue weighted by Gasteiger charge is -2.45. The maximum Gasteiger partial charge on any atom is 0.308 e. The van der Waals surface area contributed by atoms with Crippen LogP contribution in [0.3, 0.4) is 0 Å². The van der Waals surface area contributed by atoms with Gasteiger partial charge in [-0.1, -0.05) is 20.8 Å². The number of hydrogen-bond donors (Lipinski definition) is 1. The molecule has 0 bridgehead atoms. The third-order valence-corrected chi connectivity index (χ3v) is 4.98. The highest BCUT2D eigenvalue weighted by Crippen LogP contribution is 2.41. The van der Waals surface area contributed by atoms with Crippen LogP contribution < -0.4 is 0 Å². The van der Waals surface area contributed by atoms with E-state index in [-0.39, 0.29) is 23.8 Å². The Labute approximate surface area is 115 Å². The lowest BCUT2D eigenvalue weighted by atomic mass is 9.66. The zero-order valence-corrected chi connectivity index (χ0v) is 12.1. The second-order valence-corrected chi connectivity index (χ2v) is 6.51. The predicted molar refractivity (Wildman–Crippen MR) is 72.6 cm³/mol. The highest BCUT2D eigenvalue weighted by atomic mass is 16.4. The summed E-state index contributed by atoms with van der Waals surface area (Å²) in [5.41, 5.74) is 0. The SMILES string of the molecule is CC(C)C1CCC(C)C(N2CCCC2=O)C1C(=O)O. The molecule has 2 aliphatic rings. The monoisotopic (exact) mass is 267 g/mol. The van der Waals surface area contributed by atoms with Gasteiger partial charge in [0.05, 0.1) is 5.92 Å². The molecule has 4 atom stereocenters. The van der Waals surface area contributed by atoms with Crippen molar-refractivity contribution in [3.63, 3.8) is 0 Å². The van der Waals surface area contributed by atoms with Crippen molar-refractivity contribution in [1.29, 1.82) is 0 Å². The van der Waals surface area contributed by atoms with Gasteiger partial charge in [0.25, 0.3) is 0 Å². The van der Waals surface area contributed by atoms with E-state index in [1.807, 2.05) is 4.90 Å². The Morgan fingerprint density at radius 2 is 2.05 bits per heavy atom. The molecule has 1 amide bonds. The molecule has 1 aliphatic heterocycles. The molecule has 0 aromatic rings. The van der Waals surface area contributed by atoms with Gasteiger partial charge in [-0.05, 0) is 37.0 Å². The van der Waals surface area contributed by atoms with Gasteiger partial charge in [-0.25, -0.2) is 0 Å². The highest BCUT2D eigenvalue weighted by molar-refractivity contribution is 5.80. The fourth-order valence-corrected chi connectivity index (χ4v) is 3.98. The van der Waals surface area contributed by atoms with Gasteiger partial charge in [-0.15, -0.1) is 0 Å². The summed E-state index contributed by atoms with van der Waals surface area (Å²) in [6.07, 6.45) is 3.46. The molecule has 4 nitrogen and oxygen atoms in total. The van der Waals surface area contributed by atoms with Crippen LogP contribution in [0.1, 0.15) is 46.5 Å². The molecular formula is C15H25NO3. The molecule has 19 heavy (non-hydrogen) atoms. The lowest BCUT2D eigenvalue weighted by molar-refractivity contribution is -0.153. The van der Waals surface area contributed by atoms with Crippen LogP contribution in [0, 0.1) is 23.7 Å². The largest absolute Gasteiger partial charge is 0.481 e. The van der Waals surface area contributed by atoms with Crippen molar-refractivity contribution in [2.45, 2.75) is 52.5 Å². The van der Waals surface area contributed by atoms with Crippen LogP contribution in [0.15, 0.2) is 0 Å². The molecule has 1 saturated carbocycles. The first-order chi connectivity index (χ1) is 8.93. The van der Waals surface area contributed by atoms with Crippen LogP contribution in [0.5, 0.6) is 0 Å². The third-order valence-electron chi connectivity index (χ3n) is 4.98. The average Bonchev–Trinajstić information content (AvgIpc) is 2.74. The van der Waals surface area contributed by atoms with E-state index >= 15 is 0 Å². The van der Waals surface area contributed by atoms with Crippen molar-refractivity contribution in [3.05, 3.63) is 0 Å². The highest BCUT2D eigenvalue weighted by Gasteiger charge is 2.47. The van der Waals surface area contributed by atoms with E-state index in [1.54, 1.807) is 0 Å². The third kappa shape index (κ3) is 2.63. The standard InChI is InChI=1S/C15H25NO3/c1-9(2)11-7-6-10(3)14(13(11)15(18)19)16-8-4-5-12(16)17/h9-11,13-14H,4-8H2,1-3H3,(H,18,19). The summed E-state index contributed by atoms with van der Waals surface area (Å²) >= 11 is 0. The topological polar surface area (TPSA) is 57.6 Å². The number of nitrogens with zero attached hydrogens (tertiary/aromatic N) is 1. The Balaban J connectivity index is 2.29. The summed E-state index contributed by atoms with van der Waals surface area (Å²) in [5.74, 6) is -0.146. The second-order valence-electron chi connectivity index (χ2n) is 6.51. The molecular weight excluding hydrogens is 242 g/mol. The molecule has 1 N–H and O–H groups in total. The molecule has 4 unspecified atom stereocenters. The molecule has 1 heterocycles. The van der Waals surface area contributed by atoms with E-state index in [1.165, 1.54) is 0 Å². The number of carbonyl (C=O) groups is 2. The van der Waals surface area contributed by atoms with Crippen molar-refractivity contribution in [2.75, 3.05) is 6.54 Å². The fourth-order valence-electron chi connectivity index (χ4n) is 3.98. The maximum absolute atomic E-state index is 12.0. The van der Waals surface area contributed by atoms with Crippen molar-refractivity contribution in [3.8, 4) is 0 Å². The summed E-state index contributed by atoms with van der Waals surface area (Å²) in [5, 5.41) is 9.65. The fraction of sp³-hybridized carbons (Fsp3) is 0.867. The molecule has 108 valence electrons.